The molecule has 1 unspecified atom stereocenters. The van der Waals surface area contributed by atoms with E-state index in [1.165, 1.54) is 0 Å². The highest BCUT2D eigenvalue weighted by Crippen LogP contribution is 2.11. The first-order chi connectivity index (χ1) is 11.2. The first-order valence-corrected chi connectivity index (χ1v) is 8.32. The minimum atomic E-state index is -0.00608. The lowest BCUT2D eigenvalue weighted by molar-refractivity contribution is -0.135. The number of rotatable bonds is 4. The Morgan fingerprint density at radius 2 is 1.83 bits per heavy atom. The molecule has 2 fully saturated rings. The molecule has 1 atom stereocenters. The third kappa shape index (κ3) is 4.93. The highest BCUT2D eigenvalue weighted by Gasteiger charge is 2.29. The molecule has 1 aromatic carbocycles. The zero-order valence-electron chi connectivity index (χ0n) is 13.7. The summed E-state index contributed by atoms with van der Waals surface area (Å²) in [5.74, 6) is 0.212. The van der Waals surface area contributed by atoms with Gasteiger partial charge in [0.1, 0.15) is 0 Å². The molecular formula is C17H25ClN4O2. The largest absolute Gasteiger partial charge is 0.339 e. The van der Waals surface area contributed by atoms with Crippen molar-refractivity contribution in [2.45, 2.75) is 18.9 Å². The van der Waals surface area contributed by atoms with Gasteiger partial charge >= 0.3 is 0 Å². The van der Waals surface area contributed by atoms with Crippen molar-refractivity contribution in [2.75, 3.05) is 44.6 Å². The molecule has 0 bridgehead atoms. The molecule has 2 heterocycles. The second kappa shape index (κ2) is 9.01. The number of amides is 2. The van der Waals surface area contributed by atoms with E-state index in [4.69, 9.17) is 0 Å². The van der Waals surface area contributed by atoms with Gasteiger partial charge in [-0.25, -0.2) is 0 Å². The number of hydrogen-bond acceptors (Lipinski definition) is 4. The van der Waals surface area contributed by atoms with Crippen LogP contribution in [0.2, 0.25) is 0 Å². The number of hydrogen-bond donors (Lipinski definition) is 2. The van der Waals surface area contributed by atoms with E-state index >= 15 is 0 Å². The van der Waals surface area contributed by atoms with Gasteiger partial charge in [-0.1, -0.05) is 18.2 Å². The number of nitrogens with zero attached hydrogens (tertiary/aromatic N) is 2. The van der Waals surface area contributed by atoms with E-state index in [-0.39, 0.29) is 30.3 Å². The summed E-state index contributed by atoms with van der Waals surface area (Å²) in [5.41, 5.74) is 0.818. The number of halogens is 1. The number of carbonyl (C=O) groups excluding carboxylic acids is 2. The molecule has 0 spiro atoms. The van der Waals surface area contributed by atoms with Gasteiger partial charge < -0.3 is 15.5 Å². The topological polar surface area (TPSA) is 64.7 Å². The Bertz CT molecular complexity index is 541. The van der Waals surface area contributed by atoms with Crippen molar-refractivity contribution < 1.29 is 9.59 Å². The molecule has 0 aliphatic carbocycles. The van der Waals surface area contributed by atoms with Crippen molar-refractivity contribution in [3.8, 4) is 0 Å². The third-order valence-corrected chi connectivity index (χ3v) is 4.47. The van der Waals surface area contributed by atoms with Crippen LogP contribution >= 0.6 is 12.4 Å². The number of anilines is 1. The molecule has 2 saturated heterocycles. The summed E-state index contributed by atoms with van der Waals surface area (Å²) in [6.45, 7) is 4.22. The maximum absolute atomic E-state index is 12.3. The van der Waals surface area contributed by atoms with E-state index in [1.54, 1.807) is 0 Å². The molecule has 7 heteroatoms. The summed E-state index contributed by atoms with van der Waals surface area (Å²) in [5, 5.41) is 6.15. The molecule has 2 aliphatic rings. The van der Waals surface area contributed by atoms with Crippen molar-refractivity contribution in [1.29, 1.82) is 0 Å². The average Bonchev–Trinajstić information content (AvgIpc) is 3.10. The van der Waals surface area contributed by atoms with E-state index < -0.39 is 0 Å². The lowest BCUT2D eigenvalue weighted by Crippen LogP contribution is -2.54. The number of benzene rings is 1. The van der Waals surface area contributed by atoms with Crippen LogP contribution in [-0.2, 0) is 9.59 Å². The smallest absolute Gasteiger partial charge is 0.239 e. The van der Waals surface area contributed by atoms with Gasteiger partial charge in [-0.05, 0) is 31.5 Å². The maximum Gasteiger partial charge on any atom is 0.239 e. The van der Waals surface area contributed by atoms with Gasteiger partial charge in [0.15, 0.2) is 0 Å². The normalized spacial score (nSPS) is 21.2. The van der Waals surface area contributed by atoms with Gasteiger partial charge in [0.25, 0.3) is 0 Å². The lowest BCUT2D eigenvalue weighted by Gasteiger charge is -2.35. The first kappa shape index (κ1) is 18.7. The fraction of sp³-hybridized carbons (Fsp3) is 0.529. The molecule has 0 aromatic heterocycles. The van der Waals surface area contributed by atoms with Crippen molar-refractivity contribution in [1.82, 2.24) is 15.1 Å². The molecule has 2 aliphatic heterocycles. The van der Waals surface area contributed by atoms with E-state index in [1.807, 2.05) is 35.2 Å². The lowest BCUT2D eigenvalue weighted by atomic mass is 10.2. The highest BCUT2D eigenvalue weighted by atomic mass is 35.5. The van der Waals surface area contributed by atoms with Crippen LogP contribution in [0.4, 0.5) is 5.69 Å². The van der Waals surface area contributed by atoms with Crippen LogP contribution in [0.25, 0.3) is 0 Å². The highest BCUT2D eigenvalue weighted by molar-refractivity contribution is 5.92. The van der Waals surface area contributed by atoms with E-state index in [0.29, 0.717) is 19.6 Å². The van der Waals surface area contributed by atoms with Gasteiger partial charge in [-0.2, -0.15) is 0 Å². The predicted octanol–water partition coefficient (Wildman–Crippen LogP) is 0.943. The Labute approximate surface area is 149 Å². The van der Waals surface area contributed by atoms with E-state index in [9.17, 15) is 9.59 Å². The molecule has 2 N–H and O–H groups in total. The van der Waals surface area contributed by atoms with Crippen LogP contribution in [0.1, 0.15) is 12.8 Å². The molecule has 2 amide bonds. The molecular weight excluding hydrogens is 328 g/mol. The molecule has 0 saturated carbocycles. The van der Waals surface area contributed by atoms with Gasteiger partial charge in [0, 0.05) is 31.9 Å². The summed E-state index contributed by atoms with van der Waals surface area (Å²) in [6, 6.07) is 9.48. The molecule has 0 radical (unpaired) electrons. The predicted molar refractivity (Wildman–Crippen MR) is 96.4 cm³/mol. The van der Waals surface area contributed by atoms with Gasteiger partial charge in [-0.3, -0.25) is 14.5 Å². The molecule has 24 heavy (non-hydrogen) atoms. The first-order valence-electron chi connectivity index (χ1n) is 8.32. The Morgan fingerprint density at radius 1 is 1.12 bits per heavy atom. The van der Waals surface area contributed by atoms with Crippen molar-refractivity contribution in [3.05, 3.63) is 30.3 Å². The van der Waals surface area contributed by atoms with Gasteiger partial charge in [0.2, 0.25) is 11.8 Å². The Kier molecular flexibility index (Phi) is 7.02. The second-order valence-electron chi connectivity index (χ2n) is 6.16. The van der Waals surface area contributed by atoms with Crippen LogP contribution in [-0.4, -0.2) is 66.9 Å². The quantitative estimate of drug-likeness (QED) is 0.846. The molecule has 1 aromatic rings. The van der Waals surface area contributed by atoms with Crippen LogP contribution < -0.4 is 10.6 Å². The van der Waals surface area contributed by atoms with Crippen LogP contribution in [0.5, 0.6) is 0 Å². The minimum absolute atomic E-state index is 0. The monoisotopic (exact) mass is 352 g/mol. The Hall–Kier alpha value is -1.63. The van der Waals surface area contributed by atoms with Crippen molar-refractivity contribution >= 4 is 29.9 Å². The maximum atomic E-state index is 12.3. The zero-order valence-corrected chi connectivity index (χ0v) is 14.6. The van der Waals surface area contributed by atoms with Crippen LogP contribution in [0.15, 0.2) is 30.3 Å². The van der Waals surface area contributed by atoms with Gasteiger partial charge in [0.05, 0.1) is 12.6 Å². The number of nitrogens with one attached hydrogen (secondary N) is 2. The Morgan fingerprint density at radius 3 is 2.46 bits per heavy atom. The summed E-state index contributed by atoms with van der Waals surface area (Å²) in [6.07, 6.45) is 2.02. The molecule has 3 rings (SSSR count). The molecule has 132 valence electrons. The SMILES string of the molecule is Cl.O=C(CN1CCN(C(=O)C2CCCN2)CC1)Nc1ccccc1. The third-order valence-electron chi connectivity index (χ3n) is 4.47. The summed E-state index contributed by atoms with van der Waals surface area (Å²) >= 11 is 0. The number of carbonyl (C=O) groups is 2. The number of para-hydroxylation sites is 1. The summed E-state index contributed by atoms with van der Waals surface area (Å²) in [4.78, 5) is 28.4. The van der Waals surface area contributed by atoms with Gasteiger partial charge in [-0.15, -0.1) is 12.4 Å². The van der Waals surface area contributed by atoms with Crippen LogP contribution in [0.3, 0.4) is 0 Å². The minimum Gasteiger partial charge on any atom is -0.339 e. The van der Waals surface area contributed by atoms with Crippen molar-refractivity contribution in [3.63, 3.8) is 0 Å². The second-order valence-corrected chi connectivity index (χ2v) is 6.16. The summed E-state index contributed by atoms with van der Waals surface area (Å²) in [7, 11) is 0. The Balaban J connectivity index is 0.00000208. The summed E-state index contributed by atoms with van der Waals surface area (Å²) < 4.78 is 0. The fourth-order valence-corrected chi connectivity index (χ4v) is 3.17. The number of piperazine rings is 1. The van der Waals surface area contributed by atoms with E-state index in [2.05, 4.69) is 15.5 Å². The van der Waals surface area contributed by atoms with Crippen molar-refractivity contribution in [2.24, 2.45) is 0 Å². The fourth-order valence-electron chi connectivity index (χ4n) is 3.17. The van der Waals surface area contributed by atoms with Crippen LogP contribution in [0, 0.1) is 0 Å². The van der Waals surface area contributed by atoms with E-state index in [0.717, 1.165) is 38.2 Å². The molecule has 6 nitrogen and oxygen atoms in total. The standard InChI is InChI=1S/C17H24N4O2.ClH/c22-16(19-14-5-2-1-3-6-14)13-20-9-11-21(12-10-20)17(23)15-7-4-8-18-15;/h1-3,5-6,15,18H,4,7-13H2,(H,19,22);1H. The average molecular weight is 353 g/mol. The zero-order chi connectivity index (χ0) is 16.1.